The number of benzene rings is 1. The molecule has 1 unspecified atom stereocenters. The first-order chi connectivity index (χ1) is 11.8. The lowest BCUT2D eigenvalue weighted by molar-refractivity contribution is -0.124. The molecule has 25 heavy (non-hydrogen) atoms. The van der Waals surface area contributed by atoms with Crippen molar-refractivity contribution in [2.75, 3.05) is 24.6 Å². The lowest BCUT2D eigenvalue weighted by Gasteiger charge is -2.07. The molecule has 0 aromatic heterocycles. The summed E-state index contributed by atoms with van der Waals surface area (Å²) >= 11 is 1.78. The molecule has 0 radical (unpaired) electrons. The van der Waals surface area contributed by atoms with E-state index in [-0.39, 0.29) is 45.5 Å². The highest BCUT2D eigenvalue weighted by Crippen LogP contribution is 2.18. The molecule has 1 aromatic rings. The van der Waals surface area contributed by atoms with Crippen molar-refractivity contribution in [1.29, 1.82) is 0 Å². The molecule has 6 nitrogen and oxygen atoms in total. The van der Waals surface area contributed by atoms with Crippen molar-refractivity contribution in [3.05, 3.63) is 45.3 Å². The summed E-state index contributed by atoms with van der Waals surface area (Å²) in [6.45, 7) is 0.488. The van der Waals surface area contributed by atoms with Crippen LogP contribution in [0.3, 0.4) is 0 Å². The van der Waals surface area contributed by atoms with Gasteiger partial charge in [0.1, 0.15) is 5.82 Å². The number of hydrogen-bond acceptors (Lipinski definition) is 4. The molecule has 2 N–H and O–H groups in total. The maximum absolute atomic E-state index is 13.4. The van der Waals surface area contributed by atoms with Crippen LogP contribution in [0.25, 0.3) is 0 Å². The monoisotopic (exact) mass is 480 g/mol. The Bertz CT molecular complexity index is 795. The van der Waals surface area contributed by atoms with E-state index in [9.17, 15) is 22.4 Å². The number of nitrogens with one attached hydrogen (secondary N) is 2. The van der Waals surface area contributed by atoms with E-state index < -0.39 is 21.6 Å². The fourth-order valence-corrected chi connectivity index (χ4v) is 4.74. The molecule has 1 aromatic carbocycles. The van der Waals surface area contributed by atoms with Crippen molar-refractivity contribution >= 4 is 44.2 Å². The second kappa shape index (κ2) is 8.75. The molecule has 0 saturated carbocycles. The van der Waals surface area contributed by atoms with Crippen LogP contribution in [-0.4, -0.2) is 44.8 Å². The van der Waals surface area contributed by atoms with Crippen molar-refractivity contribution in [2.24, 2.45) is 5.92 Å². The summed E-state index contributed by atoms with van der Waals surface area (Å²) in [5, 5.41) is 5.28. The Morgan fingerprint density at radius 1 is 1.24 bits per heavy atom. The Balaban J connectivity index is 1.71. The quantitative estimate of drug-likeness (QED) is 0.474. The Kier molecular flexibility index (Phi) is 6.94. The highest BCUT2D eigenvalue weighted by molar-refractivity contribution is 14.1. The van der Waals surface area contributed by atoms with Crippen LogP contribution >= 0.6 is 22.6 Å². The number of rotatable bonds is 6. The van der Waals surface area contributed by atoms with Gasteiger partial charge >= 0.3 is 0 Å². The van der Waals surface area contributed by atoms with E-state index in [1.54, 1.807) is 40.8 Å². The highest BCUT2D eigenvalue weighted by Gasteiger charge is 2.32. The maximum atomic E-state index is 13.4. The molecule has 0 spiro atoms. The van der Waals surface area contributed by atoms with Gasteiger partial charge in [0.05, 0.1) is 26.6 Å². The maximum Gasteiger partial charge on any atom is 0.252 e. The second-order valence-electron chi connectivity index (χ2n) is 5.63. The van der Waals surface area contributed by atoms with Gasteiger partial charge in [-0.05, 0) is 41.1 Å². The van der Waals surface area contributed by atoms with E-state index >= 15 is 0 Å². The first kappa shape index (κ1) is 19.8. The summed E-state index contributed by atoms with van der Waals surface area (Å²) < 4.78 is 36.3. The van der Waals surface area contributed by atoms with Gasteiger partial charge < -0.3 is 10.6 Å². The molecule has 0 aliphatic carbocycles. The summed E-state index contributed by atoms with van der Waals surface area (Å²) in [6, 6.07) is 4.30. The summed E-state index contributed by atoms with van der Waals surface area (Å²) in [5.74, 6) is -1.61. The predicted molar refractivity (Wildman–Crippen MR) is 100 cm³/mol. The molecule has 1 aliphatic rings. The molecule has 2 amide bonds. The standard InChI is InChI=1S/C16H18FIN2O4S/c17-13-5-3-4-12(14(13)18)16(22)20-8-2-1-7-19-15(21)11-6-9-25(23,24)10-11/h1-5,11H,6-10H2,(H,19,21)(H,20,22)/b2-1-. The lowest BCUT2D eigenvalue weighted by atomic mass is 10.1. The molecule has 136 valence electrons. The molecule has 0 bridgehead atoms. The van der Waals surface area contributed by atoms with Crippen LogP contribution in [0.2, 0.25) is 0 Å². The molecular weight excluding hydrogens is 462 g/mol. The van der Waals surface area contributed by atoms with Gasteiger partial charge in [-0.25, -0.2) is 12.8 Å². The normalized spacial score (nSPS) is 19.0. The van der Waals surface area contributed by atoms with Gasteiger partial charge in [0.25, 0.3) is 5.91 Å². The van der Waals surface area contributed by atoms with Crippen LogP contribution in [0, 0.1) is 15.3 Å². The van der Waals surface area contributed by atoms with Crippen molar-refractivity contribution in [2.45, 2.75) is 6.42 Å². The van der Waals surface area contributed by atoms with Gasteiger partial charge in [-0.1, -0.05) is 18.2 Å². The number of halogens is 2. The number of carbonyl (C=O) groups is 2. The Hall–Kier alpha value is -1.49. The van der Waals surface area contributed by atoms with Crippen molar-refractivity contribution in [3.8, 4) is 0 Å². The van der Waals surface area contributed by atoms with Crippen molar-refractivity contribution < 1.29 is 22.4 Å². The topological polar surface area (TPSA) is 92.3 Å². The van der Waals surface area contributed by atoms with Crippen LogP contribution in [0.1, 0.15) is 16.8 Å². The number of hydrogen-bond donors (Lipinski definition) is 2. The minimum absolute atomic E-state index is 0.0613. The van der Waals surface area contributed by atoms with Gasteiger partial charge in [0, 0.05) is 13.1 Å². The smallest absolute Gasteiger partial charge is 0.252 e. The van der Waals surface area contributed by atoms with Gasteiger partial charge in [-0.15, -0.1) is 0 Å². The van der Waals surface area contributed by atoms with Crippen LogP contribution in [0.4, 0.5) is 4.39 Å². The molecular formula is C16H18FIN2O4S. The predicted octanol–water partition coefficient (Wildman–Crippen LogP) is 1.27. The van der Waals surface area contributed by atoms with E-state index in [1.165, 1.54) is 12.1 Å². The van der Waals surface area contributed by atoms with Crippen molar-refractivity contribution in [1.82, 2.24) is 10.6 Å². The van der Waals surface area contributed by atoms with Crippen molar-refractivity contribution in [3.63, 3.8) is 0 Å². The minimum Gasteiger partial charge on any atom is -0.352 e. The summed E-state index contributed by atoms with van der Waals surface area (Å²) in [6.07, 6.45) is 3.69. The molecule has 1 saturated heterocycles. The van der Waals surface area contributed by atoms with Crippen LogP contribution in [0.5, 0.6) is 0 Å². The summed E-state index contributed by atoms with van der Waals surface area (Å²) in [5.41, 5.74) is 0.268. The zero-order valence-corrected chi connectivity index (χ0v) is 16.3. The molecule has 1 heterocycles. The average Bonchev–Trinajstić information content (AvgIpc) is 2.93. The van der Waals surface area contributed by atoms with Crippen LogP contribution in [0.15, 0.2) is 30.4 Å². The number of sulfone groups is 1. The fraction of sp³-hybridized carbons (Fsp3) is 0.375. The molecule has 1 fully saturated rings. The number of amides is 2. The molecule has 1 aliphatic heterocycles. The third kappa shape index (κ3) is 5.77. The molecule has 2 rings (SSSR count). The highest BCUT2D eigenvalue weighted by atomic mass is 127. The molecule has 9 heteroatoms. The van der Waals surface area contributed by atoms with E-state index in [0.29, 0.717) is 6.42 Å². The summed E-state index contributed by atoms with van der Waals surface area (Å²) in [4.78, 5) is 23.8. The lowest BCUT2D eigenvalue weighted by Crippen LogP contribution is -2.31. The van der Waals surface area contributed by atoms with E-state index in [1.807, 2.05) is 0 Å². The Labute approximate surface area is 159 Å². The first-order valence-corrected chi connectivity index (χ1v) is 10.6. The Morgan fingerprint density at radius 3 is 2.56 bits per heavy atom. The first-order valence-electron chi connectivity index (χ1n) is 7.65. The molecule has 1 atom stereocenters. The summed E-state index contributed by atoms with van der Waals surface area (Å²) in [7, 11) is -3.08. The largest absolute Gasteiger partial charge is 0.352 e. The zero-order chi connectivity index (χ0) is 18.4. The van der Waals surface area contributed by atoms with Gasteiger partial charge in [0.15, 0.2) is 9.84 Å². The Morgan fingerprint density at radius 2 is 1.92 bits per heavy atom. The minimum atomic E-state index is -3.08. The van der Waals surface area contributed by atoms with E-state index in [4.69, 9.17) is 0 Å². The average molecular weight is 480 g/mol. The number of carbonyl (C=O) groups excluding carboxylic acids is 2. The second-order valence-corrected chi connectivity index (χ2v) is 8.94. The van der Waals surface area contributed by atoms with E-state index in [0.717, 1.165) is 0 Å². The fourth-order valence-electron chi connectivity index (χ4n) is 2.40. The van der Waals surface area contributed by atoms with Gasteiger partial charge in [-0.2, -0.15) is 0 Å². The van der Waals surface area contributed by atoms with Gasteiger partial charge in [0.2, 0.25) is 5.91 Å². The zero-order valence-electron chi connectivity index (χ0n) is 13.3. The van der Waals surface area contributed by atoms with Gasteiger partial charge in [-0.3, -0.25) is 9.59 Å². The van der Waals surface area contributed by atoms with Crippen LogP contribution in [-0.2, 0) is 14.6 Å². The third-order valence-corrected chi connectivity index (χ3v) is 6.61. The van der Waals surface area contributed by atoms with E-state index in [2.05, 4.69) is 10.6 Å². The van der Waals surface area contributed by atoms with Crippen LogP contribution < -0.4 is 10.6 Å². The SMILES string of the molecule is O=C(NC/C=C\CNC(=O)C1CCS(=O)(=O)C1)c1cccc(F)c1I. The third-order valence-electron chi connectivity index (χ3n) is 3.74.